The van der Waals surface area contributed by atoms with Gasteiger partial charge in [0.2, 0.25) is 11.8 Å². The molecule has 1 aliphatic rings. The average Bonchev–Trinajstić information content (AvgIpc) is 2.65. The number of rotatable bonds is 5. The monoisotopic (exact) mass is 306 g/mol. The third-order valence-electron chi connectivity index (χ3n) is 3.19. The van der Waals surface area contributed by atoms with E-state index in [-0.39, 0.29) is 30.4 Å². The molecule has 0 aromatic carbocycles. The normalized spacial score (nSPS) is 20.4. The van der Waals surface area contributed by atoms with Crippen LogP contribution >= 0.6 is 0 Å². The molecule has 1 atom stereocenters. The fourth-order valence-electron chi connectivity index (χ4n) is 1.99. The van der Waals surface area contributed by atoms with E-state index in [4.69, 9.17) is 5.11 Å². The first-order chi connectivity index (χ1) is 9.12. The van der Waals surface area contributed by atoms with E-state index in [1.54, 1.807) is 0 Å². The topological polar surface area (TPSA) is 112 Å². The van der Waals surface area contributed by atoms with Crippen LogP contribution in [0.15, 0.2) is 0 Å². The summed E-state index contributed by atoms with van der Waals surface area (Å²) >= 11 is 0. The van der Waals surface area contributed by atoms with Crippen molar-refractivity contribution in [2.45, 2.75) is 19.4 Å². The van der Waals surface area contributed by atoms with Gasteiger partial charge in [-0.15, -0.1) is 0 Å². The molecule has 0 radical (unpaired) electrons. The van der Waals surface area contributed by atoms with E-state index >= 15 is 0 Å². The van der Waals surface area contributed by atoms with Crippen LogP contribution in [0.5, 0.6) is 0 Å². The number of hydrogen-bond acceptors (Lipinski definition) is 5. The molecule has 8 nitrogen and oxygen atoms in total. The largest absolute Gasteiger partial charge is 0.480 e. The van der Waals surface area contributed by atoms with Crippen molar-refractivity contribution in [3.63, 3.8) is 0 Å². The van der Waals surface area contributed by atoms with Crippen molar-refractivity contribution in [1.29, 1.82) is 0 Å². The first-order valence-corrected chi connectivity index (χ1v) is 7.88. The summed E-state index contributed by atoms with van der Waals surface area (Å²) in [6, 6.07) is -0.635. The summed E-state index contributed by atoms with van der Waals surface area (Å²) in [5, 5.41) is 8.84. The molecule has 1 aliphatic heterocycles. The number of hydrogen-bond donors (Lipinski definition) is 1. The van der Waals surface area contributed by atoms with Gasteiger partial charge in [0, 0.05) is 20.0 Å². The summed E-state index contributed by atoms with van der Waals surface area (Å²) in [4.78, 5) is 36.2. The minimum absolute atomic E-state index is 0.0520. The van der Waals surface area contributed by atoms with Gasteiger partial charge >= 0.3 is 5.97 Å². The SMILES string of the molecule is CC(=O)N(C)CC(=O)N(CC(=O)O)C1CCS(=O)(=O)C1. The van der Waals surface area contributed by atoms with E-state index < -0.39 is 34.3 Å². The van der Waals surface area contributed by atoms with Gasteiger partial charge in [-0.2, -0.15) is 0 Å². The molecule has 1 rings (SSSR count). The minimum atomic E-state index is -3.22. The lowest BCUT2D eigenvalue weighted by Crippen LogP contribution is -2.48. The van der Waals surface area contributed by atoms with Crippen LogP contribution in [0.1, 0.15) is 13.3 Å². The Morgan fingerprint density at radius 1 is 1.25 bits per heavy atom. The number of aliphatic carboxylic acids is 1. The fourth-order valence-corrected chi connectivity index (χ4v) is 3.72. The minimum Gasteiger partial charge on any atom is -0.480 e. The highest BCUT2D eigenvalue weighted by atomic mass is 32.2. The van der Waals surface area contributed by atoms with Crippen LogP contribution in [0.3, 0.4) is 0 Å². The second kappa shape index (κ2) is 6.21. The van der Waals surface area contributed by atoms with Gasteiger partial charge in [-0.25, -0.2) is 8.42 Å². The van der Waals surface area contributed by atoms with Gasteiger partial charge in [0.1, 0.15) is 6.54 Å². The van der Waals surface area contributed by atoms with Gasteiger partial charge in [-0.1, -0.05) is 0 Å². The van der Waals surface area contributed by atoms with Crippen molar-refractivity contribution in [2.75, 3.05) is 31.6 Å². The summed E-state index contributed by atoms with van der Waals surface area (Å²) in [6.07, 6.45) is 0.227. The number of carbonyl (C=O) groups excluding carboxylic acids is 2. The molecule has 2 amide bonds. The van der Waals surface area contributed by atoms with E-state index in [9.17, 15) is 22.8 Å². The number of amides is 2. The van der Waals surface area contributed by atoms with Crippen LogP contribution in [0.25, 0.3) is 0 Å². The number of sulfone groups is 1. The third-order valence-corrected chi connectivity index (χ3v) is 4.94. The van der Waals surface area contributed by atoms with Crippen LogP contribution in [0.2, 0.25) is 0 Å². The smallest absolute Gasteiger partial charge is 0.323 e. The van der Waals surface area contributed by atoms with Crippen molar-refractivity contribution < 1.29 is 27.9 Å². The van der Waals surface area contributed by atoms with E-state index in [1.165, 1.54) is 14.0 Å². The molecule has 20 heavy (non-hydrogen) atoms. The lowest BCUT2D eigenvalue weighted by molar-refractivity contribution is -0.147. The zero-order chi connectivity index (χ0) is 15.5. The van der Waals surface area contributed by atoms with Crippen LogP contribution in [-0.2, 0) is 24.2 Å². The maximum atomic E-state index is 12.1. The Hall–Kier alpha value is -1.64. The molecule has 0 spiro atoms. The van der Waals surface area contributed by atoms with Crippen molar-refractivity contribution in [1.82, 2.24) is 9.80 Å². The van der Waals surface area contributed by atoms with E-state index in [1.807, 2.05) is 0 Å². The first kappa shape index (κ1) is 16.4. The molecular formula is C11H18N2O6S. The quantitative estimate of drug-likeness (QED) is 0.666. The van der Waals surface area contributed by atoms with Gasteiger partial charge in [0.25, 0.3) is 0 Å². The summed E-state index contributed by atoms with van der Waals surface area (Å²) in [6.45, 7) is 0.457. The molecule has 1 saturated heterocycles. The molecule has 1 heterocycles. The number of carboxylic acids is 1. The molecule has 0 bridgehead atoms. The third kappa shape index (κ3) is 4.48. The summed E-state index contributed by atoms with van der Waals surface area (Å²) in [5.41, 5.74) is 0. The number of carbonyl (C=O) groups is 3. The van der Waals surface area contributed by atoms with E-state index in [0.29, 0.717) is 0 Å². The van der Waals surface area contributed by atoms with Gasteiger partial charge < -0.3 is 14.9 Å². The molecule has 9 heteroatoms. The zero-order valence-corrected chi connectivity index (χ0v) is 12.2. The van der Waals surface area contributed by atoms with Gasteiger partial charge in [0.05, 0.1) is 18.1 Å². The van der Waals surface area contributed by atoms with Gasteiger partial charge in [-0.3, -0.25) is 14.4 Å². The number of nitrogens with zero attached hydrogens (tertiary/aromatic N) is 2. The lowest BCUT2D eigenvalue weighted by atomic mass is 10.2. The van der Waals surface area contributed by atoms with Crippen molar-refractivity contribution >= 4 is 27.6 Å². The highest BCUT2D eigenvalue weighted by Gasteiger charge is 2.35. The Kier molecular flexibility index (Phi) is 5.09. The Morgan fingerprint density at radius 3 is 2.25 bits per heavy atom. The highest BCUT2D eigenvalue weighted by Crippen LogP contribution is 2.18. The summed E-state index contributed by atoms with van der Waals surface area (Å²) in [5.74, 6) is -2.38. The second-order valence-electron chi connectivity index (χ2n) is 4.85. The fraction of sp³-hybridized carbons (Fsp3) is 0.727. The predicted molar refractivity (Wildman–Crippen MR) is 69.7 cm³/mol. The molecule has 0 aromatic heterocycles. The van der Waals surface area contributed by atoms with Gasteiger partial charge in [-0.05, 0) is 6.42 Å². The molecule has 114 valence electrons. The molecule has 0 aliphatic carbocycles. The predicted octanol–water partition coefficient (Wildman–Crippen LogP) is -1.43. The Balaban J connectivity index is 2.81. The maximum Gasteiger partial charge on any atom is 0.323 e. The van der Waals surface area contributed by atoms with Crippen LogP contribution in [-0.4, -0.2) is 78.8 Å². The van der Waals surface area contributed by atoms with Crippen LogP contribution < -0.4 is 0 Å². The Labute approximate surface area is 117 Å². The molecule has 1 fully saturated rings. The molecular weight excluding hydrogens is 288 g/mol. The molecule has 0 saturated carbocycles. The van der Waals surface area contributed by atoms with E-state index in [2.05, 4.69) is 0 Å². The molecule has 1 unspecified atom stereocenters. The van der Waals surface area contributed by atoms with Crippen LogP contribution in [0.4, 0.5) is 0 Å². The lowest BCUT2D eigenvalue weighted by Gasteiger charge is -2.28. The standard InChI is InChI=1S/C11H18N2O6S/c1-8(14)12(2)5-10(15)13(6-11(16)17)9-3-4-20(18,19)7-9/h9H,3-7H2,1-2H3,(H,16,17). The van der Waals surface area contributed by atoms with E-state index in [0.717, 1.165) is 9.80 Å². The highest BCUT2D eigenvalue weighted by molar-refractivity contribution is 7.91. The van der Waals surface area contributed by atoms with Crippen molar-refractivity contribution in [3.05, 3.63) is 0 Å². The Morgan fingerprint density at radius 2 is 1.85 bits per heavy atom. The van der Waals surface area contributed by atoms with Gasteiger partial charge in [0.15, 0.2) is 9.84 Å². The average molecular weight is 306 g/mol. The molecule has 1 N–H and O–H groups in total. The zero-order valence-electron chi connectivity index (χ0n) is 11.4. The molecule has 0 aromatic rings. The summed E-state index contributed by atoms with van der Waals surface area (Å²) in [7, 11) is -1.80. The second-order valence-corrected chi connectivity index (χ2v) is 7.08. The number of carboxylic acid groups (broad SMARTS) is 1. The van der Waals surface area contributed by atoms with Crippen molar-refractivity contribution in [2.24, 2.45) is 0 Å². The maximum absolute atomic E-state index is 12.1. The van der Waals surface area contributed by atoms with Crippen molar-refractivity contribution in [3.8, 4) is 0 Å². The number of likely N-dealkylation sites (N-methyl/N-ethyl adjacent to an activating group) is 1. The summed E-state index contributed by atoms with van der Waals surface area (Å²) < 4.78 is 22.9. The first-order valence-electron chi connectivity index (χ1n) is 6.06. The van der Waals surface area contributed by atoms with Crippen LogP contribution in [0, 0.1) is 0 Å². The Bertz CT molecular complexity index is 515.